The molecule has 0 amide bonds. The molecule has 94 valence electrons. The highest BCUT2D eigenvalue weighted by molar-refractivity contribution is 5.55. The van der Waals surface area contributed by atoms with Crippen molar-refractivity contribution in [2.75, 3.05) is 27.8 Å². The van der Waals surface area contributed by atoms with Gasteiger partial charge in [-0.15, -0.1) is 0 Å². The molecule has 0 unspecified atom stereocenters. The van der Waals surface area contributed by atoms with Crippen LogP contribution in [0.1, 0.15) is 23.1 Å². The normalized spacial score (nSPS) is 13.6. The van der Waals surface area contributed by atoms with Crippen LogP contribution in [0.2, 0.25) is 0 Å². The Hall–Kier alpha value is -1.22. The van der Waals surface area contributed by atoms with Crippen molar-refractivity contribution in [3.05, 3.63) is 22.8 Å². The lowest BCUT2D eigenvalue weighted by atomic mass is 10.0. The zero-order valence-electron chi connectivity index (χ0n) is 10.9. The number of ether oxygens (including phenoxy) is 2. The van der Waals surface area contributed by atoms with Crippen molar-refractivity contribution in [1.82, 2.24) is 5.32 Å². The molecule has 0 atom stereocenters. The molecule has 1 N–H and O–H groups in total. The van der Waals surface area contributed by atoms with Crippen molar-refractivity contribution in [3.63, 3.8) is 0 Å². The minimum Gasteiger partial charge on any atom is -0.496 e. The van der Waals surface area contributed by atoms with Gasteiger partial charge in [0.1, 0.15) is 11.5 Å². The summed E-state index contributed by atoms with van der Waals surface area (Å²) in [6.07, 6.45) is 4.41. The second kappa shape index (κ2) is 5.41. The Morgan fingerprint density at radius 2 is 1.94 bits per heavy atom. The molecule has 0 saturated heterocycles. The fourth-order valence-electron chi connectivity index (χ4n) is 2.65. The van der Waals surface area contributed by atoms with Gasteiger partial charge in [0.2, 0.25) is 0 Å². The molecule has 17 heavy (non-hydrogen) atoms. The molecule has 1 aliphatic carbocycles. The molecule has 0 aromatic heterocycles. The van der Waals surface area contributed by atoms with E-state index in [-0.39, 0.29) is 0 Å². The van der Waals surface area contributed by atoms with E-state index in [1.165, 1.54) is 23.1 Å². The van der Waals surface area contributed by atoms with Gasteiger partial charge in [-0.2, -0.15) is 0 Å². The molecule has 0 aliphatic heterocycles. The number of benzene rings is 1. The van der Waals surface area contributed by atoms with Gasteiger partial charge in [-0.1, -0.05) is 0 Å². The lowest BCUT2D eigenvalue weighted by molar-refractivity contribution is 0.393. The number of likely N-dealkylation sites (N-methyl/N-ethyl adjacent to an activating group) is 1. The molecule has 1 aromatic carbocycles. The predicted octanol–water partition coefficient (Wildman–Crippen LogP) is 1.95. The molecule has 0 fully saturated rings. The van der Waals surface area contributed by atoms with Gasteiger partial charge in [-0.3, -0.25) is 0 Å². The standard InChI is InChI=1S/C14H21NO2/c1-15-8-7-10-9-13(16-2)11-5-4-6-12(11)14(10)17-3/h9,15H,4-8H2,1-3H3. The van der Waals surface area contributed by atoms with Gasteiger partial charge in [0, 0.05) is 11.1 Å². The van der Waals surface area contributed by atoms with Crippen LogP contribution in [0.3, 0.4) is 0 Å². The summed E-state index contributed by atoms with van der Waals surface area (Å²) in [5.41, 5.74) is 3.95. The maximum Gasteiger partial charge on any atom is 0.125 e. The van der Waals surface area contributed by atoms with E-state index in [1.54, 1.807) is 14.2 Å². The maximum atomic E-state index is 5.60. The molecule has 0 radical (unpaired) electrons. The van der Waals surface area contributed by atoms with Crippen LogP contribution in [0.5, 0.6) is 11.5 Å². The predicted molar refractivity (Wildman–Crippen MR) is 69.2 cm³/mol. The van der Waals surface area contributed by atoms with Crippen LogP contribution in [-0.4, -0.2) is 27.8 Å². The Kier molecular flexibility index (Phi) is 3.89. The van der Waals surface area contributed by atoms with Crippen LogP contribution in [0, 0.1) is 0 Å². The smallest absolute Gasteiger partial charge is 0.125 e. The van der Waals surface area contributed by atoms with Gasteiger partial charge in [0.25, 0.3) is 0 Å². The molecule has 1 aliphatic rings. The SMILES string of the molecule is CNCCc1cc(OC)c2c(c1OC)CCC2. The molecule has 0 saturated carbocycles. The zero-order valence-corrected chi connectivity index (χ0v) is 10.9. The van der Waals surface area contributed by atoms with Crippen molar-refractivity contribution < 1.29 is 9.47 Å². The van der Waals surface area contributed by atoms with Crippen LogP contribution in [0.4, 0.5) is 0 Å². The molecule has 3 nitrogen and oxygen atoms in total. The van der Waals surface area contributed by atoms with Gasteiger partial charge in [0.05, 0.1) is 14.2 Å². The molecule has 3 heteroatoms. The van der Waals surface area contributed by atoms with Crippen LogP contribution >= 0.6 is 0 Å². The van der Waals surface area contributed by atoms with E-state index < -0.39 is 0 Å². The third-order valence-corrected chi connectivity index (χ3v) is 3.45. The van der Waals surface area contributed by atoms with E-state index in [0.29, 0.717) is 0 Å². The zero-order chi connectivity index (χ0) is 12.3. The number of methoxy groups -OCH3 is 2. The average molecular weight is 235 g/mol. The average Bonchev–Trinajstić information content (AvgIpc) is 2.83. The van der Waals surface area contributed by atoms with Crippen LogP contribution in [0.25, 0.3) is 0 Å². The minimum atomic E-state index is 0.957. The van der Waals surface area contributed by atoms with E-state index >= 15 is 0 Å². The summed E-state index contributed by atoms with van der Waals surface area (Å²) in [4.78, 5) is 0. The number of fused-ring (bicyclic) bond motifs is 1. The highest BCUT2D eigenvalue weighted by Crippen LogP contribution is 2.40. The van der Waals surface area contributed by atoms with Crippen molar-refractivity contribution >= 4 is 0 Å². The lowest BCUT2D eigenvalue weighted by Crippen LogP contribution is -2.12. The first-order valence-electron chi connectivity index (χ1n) is 6.22. The first-order valence-corrected chi connectivity index (χ1v) is 6.22. The van der Waals surface area contributed by atoms with Crippen molar-refractivity contribution in [3.8, 4) is 11.5 Å². The summed E-state index contributed by atoms with van der Waals surface area (Å²) < 4.78 is 11.1. The summed E-state index contributed by atoms with van der Waals surface area (Å²) in [5, 5.41) is 3.18. The summed E-state index contributed by atoms with van der Waals surface area (Å²) in [6.45, 7) is 0.957. The molecule has 2 rings (SSSR count). The third-order valence-electron chi connectivity index (χ3n) is 3.45. The summed E-state index contributed by atoms with van der Waals surface area (Å²) in [6, 6.07) is 2.14. The molecular weight excluding hydrogens is 214 g/mol. The quantitative estimate of drug-likeness (QED) is 0.846. The number of hydrogen-bond donors (Lipinski definition) is 1. The number of nitrogens with one attached hydrogen (secondary N) is 1. The Balaban J connectivity index is 2.43. The molecule has 0 heterocycles. The van der Waals surface area contributed by atoms with E-state index in [4.69, 9.17) is 9.47 Å². The Morgan fingerprint density at radius 1 is 1.18 bits per heavy atom. The van der Waals surface area contributed by atoms with E-state index in [1.807, 2.05) is 7.05 Å². The van der Waals surface area contributed by atoms with Crippen molar-refractivity contribution in [2.24, 2.45) is 0 Å². The third kappa shape index (κ3) is 2.25. The Morgan fingerprint density at radius 3 is 2.59 bits per heavy atom. The van der Waals surface area contributed by atoms with Gasteiger partial charge < -0.3 is 14.8 Å². The van der Waals surface area contributed by atoms with Gasteiger partial charge in [-0.25, -0.2) is 0 Å². The minimum absolute atomic E-state index is 0.957. The topological polar surface area (TPSA) is 30.5 Å². The molecule has 1 aromatic rings. The number of hydrogen-bond acceptors (Lipinski definition) is 3. The first kappa shape index (κ1) is 12.2. The lowest BCUT2D eigenvalue weighted by Gasteiger charge is -2.16. The van der Waals surface area contributed by atoms with E-state index in [2.05, 4.69) is 11.4 Å². The highest BCUT2D eigenvalue weighted by Gasteiger charge is 2.22. The Bertz CT molecular complexity index is 402. The van der Waals surface area contributed by atoms with Crippen LogP contribution in [0.15, 0.2) is 6.07 Å². The maximum absolute atomic E-state index is 5.60. The van der Waals surface area contributed by atoms with Gasteiger partial charge >= 0.3 is 0 Å². The van der Waals surface area contributed by atoms with Gasteiger partial charge in [-0.05, 0) is 50.9 Å². The fraction of sp³-hybridized carbons (Fsp3) is 0.571. The largest absolute Gasteiger partial charge is 0.496 e. The fourth-order valence-corrected chi connectivity index (χ4v) is 2.65. The number of rotatable bonds is 5. The monoisotopic (exact) mass is 235 g/mol. The van der Waals surface area contributed by atoms with Crippen LogP contribution < -0.4 is 14.8 Å². The second-order valence-corrected chi connectivity index (χ2v) is 4.44. The first-order chi connectivity index (χ1) is 8.31. The van der Waals surface area contributed by atoms with Crippen LogP contribution in [-0.2, 0) is 19.3 Å². The highest BCUT2D eigenvalue weighted by atomic mass is 16.5. The van der Waals surface area contributed by atoms with Crippen molar-refractivity contribution in [2.45, 2.75) is 25.7 Å². The summed E-state index contributed by atoms with van der Waals surface area (Å²) in [7, 11) is 5.49. The Labute approximate surface area is 103 Å². The van der Waals surface area contributed by atoms with Crippen molar-refractivity contribution in [1.29, 1.82) is 0 Å². The molecule has 0 bridgehead atoms. The molecule has 0 spiro atoms. The van der Waals surface area contributed by atoms with E-state index in [0.717, 1.165) is 37.3 Å². The van der Waals surface area contributed by atoms with E-state index in [9.17, 15) is 0 Å². The second-order valence-electron chi connectivity index (χ2n) is 4.44. The van der Waals surface area contributed by atoms with Gasteiger partial charge in [0.15, 0.2) is 0 Å². The molecular formula is C14H21NO2. The summed E-state index contributed by atoms with van der Waals surface area (Å²) in [5.74, 6) is 2.11. The summed E-state index contributed by atoms with van der Waals surface area (Å²) >= 11 is 0.